The van der Waals surface area contributed by atoms with Crippen LogP contribution in [0.15, 0.2) is 0 Å². The fraction of sp³-hybridized carbons (Fsp3) is 0.909. The highest BCUT2D eigenvalue weighted by Crippen LogP contribution is 2.27. The molecular formula is C11H22N2S2. The van der Waals surface area contributed by atoms with E-state index in [0.717, 1.165) is 16.9 Å². The lowest BCUT2D eigenvalue weighted by molar-refractivity contribution is 0.619. The van der Waals surface area contributed by atoms with Gasteiger partial charge in [-0.05, 0) is 44.2 Å². The summed E-state index contributed by atoms with van der Waals surface area (Å²) < 4.78 is 0. The van der Waals surface area contributed by atoms with E-state index in [2.05, 4.69) is 23.8 Å². The van der Waals surface area contributed by atoms with Crippen LogP contribution in [0.3, 0.4) is 0 Å². The number of unbranched alkanes of at least 4 members (excludes halogenated alkanes) is 1. The van der Waals surface area contributed by atoms with Gasteiger partial charge in [0.15, 0.2) is 5.11 Å². The van der Waals surface area contributed by atoms with Crippen LogP contribution in [-0.4, -0.2) is 29.2 Å². The molecule has 0 amide bonds. The molecule has 0 aromatic rings. The molecule has 1 saturated carbocycles. The van der Waals surface area contributed by atoms with Crippen molar-refractivity contribution in [1.82, 2.24) is 10.6 Å². The van der Waals surface area contributed by atoms with E-state index < -0.39 is 0 Å². The first kappa shape index (κ1) is 13.1. The minimum atomic E-state index is 0.601. The van der Waals surface area contributed by atoms with Crippen LogP contribution in [0.25, 0.3) is 0 Å². The highest BCUT2D eigenvalue weighted by molar-refractivity contribution is 7.99. The lowest BCUT2D eigenvalue weighted by atomic mass is 10.2. The Morgan fingerprint density at radius 3 is 2.87 bits per heavy atom. The zero-order valence-corrected chi connectivity index (χ0v) is 11.3. The van der Waals surface area contributed by atoms with Gasteiger partial charge < -0.3 is 10.6 Å². The molecule has 1 aliphatic rings. The summed E-state index contributed by atoms with van der Waals surface area (Å²) in [4.78, 5) is 0. The van der Waals surface area contributed by atoms with Crippen LogP contribution in [0.5, 0.6) is 0 Å². The smallest absolute Gasteiger partial charge is 0.166 e. The van der Waals surface area contributed by atoms with Crippen molar-refractivity contribution in [3.8, 4) is 0 Å². The maximum absolute atomic E-state index is 5.25. The van der Waals surface area contributed by atoms with Gasteiger partial charge in [-0.1, -0.05) is 13.3 Å². The van der Waals surface area contributed by atoms with Crippen molar-refractivity contribution in [2.45, 2.75) is 50.3 Å². The van der Waals surface area contributed by atoms with E-state index in [1.54, 1.807) is 0 Å². The number of hydrogen-bond acceptors (Lipinski definition) is 2. The second kappa shape index (κ2) is 7.34. The Bertz CT molecular complexity index is 197. The van der Waals surface area contributed by atoms with Gasteiger partial charge in [-0.25, -0.2) is 0 Å². The molecule has 2 nitrogen and oxygen atoms in total. The Morgan fingerprint density at radius 1 is 1.47 bits per heavy atom. The third kappa shape index (κ3) is 5.07. The molecule has 2 unspecified atom stereocenters. The van der Waals surface area contributed by atoms with E-state index in [9.17, 15) is 0 Å². The summed E-state index contributed by atoms with van der Waals surface area (Å²) in [7, 11) is 0. The Hall–Kier alpha value is 0.0400. The molecule has 0 aromatic heterocycles. The van der Waals surface area contributed by atoms with Crippen molar-refractivity contribution in [3.05, 3.63) is 0 Å². The molecule has 4 heteroatoms. The van der Waals surface area contributed by atoms with E-state index in [4.69, 9.17) is 12.2 Å². The molecule has 0 bridgehead atoms. The molecule has 1 aliphatic carbocycles. The van der Waals surface area contributed by atoms with Crippen molar-refractivity contribution in [1.29, 1.82) is 0 Å². The Kier molecular flexibility index (Phi) is 6.41. The standard InChI is InChI=1S/C11H22N2S2/c1-3-4-7-12-11(14)13-9-5-6-10(8-9)15-2/h9-10H,3-8H2,1-2H3,(H2,12,13,14). The largest absolute Gasteiger partial charge is 0.363 e. The summed E-state index contributed by atoms with van der Waals surface area (Å²) in [5.41, 5.74) is 0. The van der Waals surface area contributed by atoms with E-state index >= 15 is 0 Å². The molecule has 0 spiro atoms. The topological polar surface area (TPSA) is 24.1 Å². The fourth-order valence-electron chi connectivity index (χ4n) is 1.90. The molecule has 1 fully saturated rings. The molecular weight excluding hydrogens is 224 g/mol. The van der Waals surface area contributed by atoms with Gasteiger partial charge >= 0.3 is 0 Å². The van der Waals surface area contributed by atoms with E-state index in [1.807, 2.05) is 11.8 Å². The number of nitrogens with one attached hydrogen (secondary N) is 2. The van der Waals surface area contributed by atoms with E-state index in [1.165, 1.54) is 32.1 Å². The first-order valence-electron chi connectivity index (χ1n) is 5.83. The van der Waals surface area contributed by atoms with Gasteiger partial charge in [-0.3, -0.25) is 0 Å². The normalized spacial score (nSPS) is 25.2. The third-order valence-corrected chi connectivity index (χ3v) is 4.23. The number of thioether (sulfide) groups is 1. The molecule has 0 aromatic carbocycles. The van der Waals surface area contributed by atoms with Crippen molar-refractivity contribution >= 4 is 29.1 Å². The number of hydrogen-bond donors (Lipinski definition) is 2. The quantitative estimate of drug-likeness (QED) is 0.575. The molecule has 0 saturated heterocycles. The molecule has 0 radical (unpaired) electrons. The third-order valence-electron chi connectivity index (χ3n) is 2.87. The SMILES string of the molecule is CCCCNC(=S)NC1CCC(SC)C1. The molecule has 88 valence electrons. The van der Waals surface area contributed by atoms with Gasteiger partial charge in [-0.15, -0.1) is 0 Å². The van der Waals surface area contributed by atoms with Gasteiger partial charge in [0.05, 0.1) is 0 Å². The van der Waals surface area contributed by atoms with Crippen LogP contribution in [0, 0.1) is 0 Å². The summed E-state index contributed by atoms with van der Waals surface area (Å²) in [6.07, 6.45) is 8.46. The average Bonchev–Trinajstić information content (AvgIpc) is 2.66. The molecule has 2 N–H and O–H groups in total. The van der Waals surface area contributed by atoms with E-state index in [0.29, 0.717) is 6.04 Å². The van der Waals surface area contributed by atoms with Gasteiger partial charge in [0, 0.05) is 17.8 Å². The van der Waals surface area contributed by atoms with Gasteiger partial charge in [0.1, 0.15) is 0 Å². The molecule has 15 heavy (non-hydrogen) atoms. The van der Waals surface area contributed by atoms with Crippen molar-refractivity contribution in [2.75, 3.05) is 12.8 Å². The first-order chi connectivity index (χ1) is 7.26. The molecule has 1 rings (SSSR count). The lowest BCUT2D eigenvalue weighted by Crippen LogP contribution is -2.41. The minimum Gasteiger partial charge on any atom is -0.363 e. The summed E-state index contributed by atoms with van der Waals surface area (Å²) in [6.45, 7) is 3.19. The number of rotatable bonds is 5. The first-order valence-corrected chi connectivity index (χ1v) is 7.53. The molecule has 0 heterocycles. The minimum absolute atomic E-state index is 0.601. The zero-order valence-electron chi connectivity index (χ0n) is 9.71. The predicted molar refractivity (Wildman–Crippen MR) is 73.6 cm³/mol. The van der Waals surface area contributed by atoms with Crippen LogP contribution in [0.2, 0.25) is 0 Å². The second-order valence-electron chi connectivity index (χ2n) is 4.12. The monoisotopic (exact) mass is 246 g/mol. The zero-order chi connectivity index (χ0) is 11.1. The Labute approximate surface area is 103 Å². The summed E-state index contributed by atoms with van der Waals surface area (Å²) in [6, 6.07) is 0.601. The summed E-state index contributed by atoms with van der Waals surface area (Å²) >= 11 is 7.23. The van der Waals surface area contributed by atoms with Crippen LogP contribution >= 0.6 is 24.0 Å². The number of thiocarbonyl (C=S) groups is 1. The fourth-order valence-corrected chi connectivity index (χ4v) is 2.97. The van der Waals surface area contributed by atoms with Gasteiger partial charge in [0.25, 0.3) is 0 Å². The maximum atomic E-state index is 5.25. The van der Waals surface area contributed by atoms with Crippen LogP contribution < -0.4 is 10.6 Å². The maximum Gasteiger partial charge on any atom is 0.166 e. The predicted octanol–water partition coefficient (Wildman–Crippen LogP) is 2.53. The Balaban J connectivity index is 2.10. The summed E-state index contributed by atoms with van der Waals surface area (Å²) in [5.74, 6) is 0. The second-order valence-corrected chi connectivity index (χ2v) is 5.67. The van der Waals surface area contributed by atoms with Crippen molar-refractivity contribution in [3.63, 3.8) is 0 Å². The van der Waals surface area contributed by atoms with E-state index in [-0.39, 0.29) is 0 Å². The average molecular weight is 246 g/mol. The molecule has 0 aliphatic heterocycles. The van der Waals surface area contributed by atoms with Crippen LogP contribution in [-0.2, 0) is 0 Å². The van der Waals surface area contributed by atoms with Crippen molar-refractivity contribution < 1.29 is 0 Å². The Morgan fingerprint density at radius 2 is 2.27 bits per heavy atom. The van der Waals surface area contributed by atoms with Gasteiger partial charge in [-0.2, -0.15) is 11.8 Å². The lowest BCUT2D eigenvalue weighted by Gasteiger charge is -2.16. The highest BCUT2D eigenvalue weighted by Gasteiger charge is 2.23. The highest BCUT2D eigenvalue weighted by atomic mass is 32.2. The van der Waals surface area contributed by atoms with Crippen LogP contribution in [0.4, 0.5) is 0 Å². The van der Waals surface area contributed by atoms with Crippen LogP contribution in [0.1, 0.15) is 39.0 Å². The summed E-state index contributed by atoms with van der Waals surface area (Å²) in [5, 5.41) is 8.34. The van der Waals surface area contributed by atoms with Gasteiger partial charge in [0.2, 0.25) is 0 Å². The molecule has 2 atom stereocenters. The van der Waals surface area contributed by atoms with Crippen molar-refractivity contribution in [2.24, 2.45) is 0 Å².